The van der Waals surface area contributed by atoms with Gasteiger partial charge in [0.15, 0.2) is 5.11 Å². The summed E-state index contributed by atoms with van der Waals surface area (Å²) in [5.41, 5.74) is 1.23. The first-order chi connectivity index (χ1) is 10.7. The molecule has 6 heteroatoms. The molecule has 0 aliphatic carbocycles. The van der Waals surface area contributed by atoms with E-state index in [2.05, 4.69) is 11.4 Å². The van der Waals surface area contributed by atoms with Gasteiger partial charge in [0.1, 0.15) is 6.07 Å². The zero-order valence-electron chi connectivity index (χ0n) is 12.5. The van der Waals surface area contributed by atoms with Crippen LogP contribution in [0.25, 0.3) is 0 Å². The maximum Gasteiger partial charge on any atom is 0.310 e. The van der Waals surface area contributed by atoms with Crippen LogP contribution in [0.4, 0.5) is 5.69 Å². The summed E-state index contributed by atoms with van der Waals surface area (Å²) in [4.78, 5) is 13.8. The second-order valence-corrected chi connectivity index (χ2v) is 5.51. The van der Waals surface area contributed by atoms with Gasteiger partial charge in [-0.05, 0) is 44.1 Å². The summed E-state index contributed by atoms with van der Waals surface area (Å²) in [7, 11) is 0. The fourth-order valence-electron chi connectivity index (χ4n) is 2.50. The Morgan fingerprint density at radius 1 is 1.55 bits per heavy atom. The van der Waals surface area contributed by atoms with E-state index in [0.717, 1.165) is 19.4 Å². The molecule has 1 unspecified atom stereocenters. The van der Waals surface area contributed by atoms with Crippen molar-refractivity contribution in [1.82, 2.24) is 4.90 Å². The van der Waals surface area contributed by atoms with E-state index in [9.17, 15) is 4.79 Å². The normalized spacial score (nSPS) is 17.5. The van der Waals surface area contributed by atoms with Crippen LogP contribution in [0.5, 0.6) is 0 Å². The monoisotopic (exact) mass is 317 g/mol. The molecule has 1 saturated heterocycles. The van der Waals surface area contributed by atoms with Gasteiger partial charge in [-0.3, -0.25) is 4.79 Å². The summed E-state index contributed by atoms with van der Waals surface area (Å²) in [5, 5.41) is 12.8. The number of nitrogens with one attached hydrogen (secondary N) is 1. The van der Waals surface area contributed by atoms with Crippen LogP contribution in [-0.4, -0.2) is 35.7 Å². The highest BCUT2D eigenvalue weighted by atomic mass is 32.1. The molecule has 0 aromatic heterocycles. The molecule has 5 nitrogen and oxygen atoms in total. The van der Waals surface area contributed by atoms with Crippen molar-refractivity contribution < 1.29 is 9.53 Å². The summed E-state index contributed by atoms with van der Waals surface area (Å²) >= 11 is 5.42. The van der Waals surface area contributed by atoms with E-state index in [-0.39, 0.29) is 11.9 Å². The van der Waals surface area contributed by atoms with Gasteiger partial charge >= 0.3 is 5.97 Å². The Bertz CT molecular complexity index is 597. The molecule has 0 amide bonds. The van der Waals surface area contributed by atoms with E-state index in [4.69, 9.17) is 22.2 Å². The molecule has 1 aliphatic heterocycles. The molecule has 1 aromatic rings. The van der Waals surface area contributed by atoms with Gasteiger partial charge in [-0.1, -0.05) is 12.1 Å². The molecular weight excluding hydrogens is 298 g/mol. The lowest BCUT2D eigenvalue weighted by Gasteiger charge is -2.33. The summed E-state index contributed by atoms with van der Waals surface area (Å²) in [6.45, 7) is 3.56. The summed E-state index contributed by atoms with van der Waals surface area (Å²) < 4.78 is 5.09. The van der Waals surface area contributed by atoms with Gasteiger partial charge in [0.2, 0.25) is 0 Å². The molecule has 1 heterocycles. The topological polar surface area (TPSA) is 65.4 Å². The first-order valence-electron chi connectivity index (χ1n) is 7.37. The number of rotatable bonds is 3. The molecule has 22 heavy (non-hydrogen) atoms. The number of nitrogens with zero attached hydrogens (tertiary/aromatic N) is 2. The largest absolute Gasteiger partial charge is 0.466 e. The Morgan fingerprint density at radius 3 is 3.05 bits per heavy atom. The minimum Gasteiger partial charge on any atom is -0.466 e. The van der Waals surface area contributed by atoms with Gasteiger partial charge in [0, 0.05) is 13.1 Å². The zero-order chi connectivity index (χ0) is 15.9. The quantitative estimate of drug-likeness (QED) is 0.682. The van der Waals surface area contributed by atoms with Crippen molar-refractivity contribution in [3.05, 3.63) is 29.8 Å². The van der Waals surface area contributed by atoms with Crippen molar-refractivity contribution in [3.8, 4) is 6.07 Å². The second kappa shape index (κ2) is 7.76. The Labute approximate surface area is 135 Å². The maximum absolute atomic E-state index is 11.9. The summed E-state index contributed by atoms with van der Waals surface area (Å²) in [6, 6.07) is 9.35. The molecular formula is C16H19N3O2S. The summed E-state index contributed by atoms with van der Waals surface area (Å²) in [6.07, 6.45) is 1.72. The van der Waals surface area contributed by atoms with Crippen molar-refractivity contribution >= 4 is 29.0 Å². The standard InChI is InChI=1S/C16H19N3O2S/c1-2-21-15(20)13-7-5-9-19(11-13)16(22)18-14-8-4-3-6-12(14)10-17/h3-4,6,8,13H,2,5,7,9,11H2,1H3,(H,18,22). The number of benzene rings is 1. The number of carbonyl (C=O) groups is 1. The highest BCUT2D eigenvalue weighted by molar-refractivity contribution is 7.80. The Kier molecular flexibility index (Phi) is 5.73. The number of hydrogen-bond acceptors (Lipinski definition) is 4. The number of ether oxygens (including phenoxy) is 1. The fraction of sp³-hybridized carbons (Fsp3) is 0.438. The predicted molar refractivity (Wildman–Crippen MR) is 88.3 cm³/mol. The van der Waals surface area contributed by atoms with Crippen LogP contribution in [0, 0.1) is 17.2 Å². The van der Waals surface area contributed by atoms with Gasteiger partial charge in [0.05, 0.1) is 23.8 Å². The van der Waals surface area contributed by atoms with E-state index in [1.54, 1.807) is 6.07 Å². The summed E-state index contributed by atoms with van der Waals surface area (Å²) in [5.74, 6) is -0.299. The third-order valence-corrected chi connectivity index (χ3v) is 3.98. The average Bonchev–Trinajstić information content (AvgIpc) is 2.55. The third-order valence-electron chi connectivity index (χ3n) is 3.62. The van der Waals surface area contributed by atoms with Gasteiger partial charge in [0.25, 0.3) is 0 Å². The lowest BCUT2D eigenvalue weighted by molar-refractivity contribution is -0.149. The lowest BCUT2D eigenvalue weighted by Crippen LogP contribution is -2.44. The average molecular weight is 317 g/mol. The SMILES string of the molecule is CCOC(=O)C1CCCN(C(=S)Nc2ccccc2C#N)C1. The molecule has 1 fully saturated rings. The minimum atomic E-state index is -0.160. The van der Waals surface area contributed by atoms with Crippen molar-refractivity contribution in [3.63, 3.8) is 0 Å². The van der Waals surface area contributed by atoms with Gasteiger partial charge in [-0.15, -0.1) is 0 Å². The molecule has 2 rings (SSSR count). The highest BCUT2D eigenvalue weighted by Crippen LogP contribution is 2.20. The lowest BCUT2D eigenvalue weighted by atomic mass is 9.98. The number of nitriles is 1. The third kappa shape index (κ3) is 3.95. The van der Waals surface area contributed by atoms with Gasteiger partial charge < -0.3 is 15.0 Å². The number of likely N-dealkylation sites (tertiary alicyclic amines) is 1. The van der Waals surface area contributed by atoms with Gasteiger partial charge in [-0.2, -0.15) is 5.26 Å². The van der Waals surface area contributed by atoms with E-state index in [1.807, 2.05) is 30.0 Å². The van der Waals surface area contributed by atoms with Crippen LogP contribution in [0.1, 0.15) is 25.3 Å². The minimum absolute atomic E-state index is 0.139. The number of piperidine rings is 1. The van der Waals surface area contributed by atoms with Crippen LogP contribution in [0.2, 0.25) is 0 Å². The van der Waals surface area contributed by atoms with Crippen molar-refractivity contribution in [1.29, 1.82) is 5.26 Å². The van der Waals surface area contributed by atoms with Crippen LogP contribution >= 0.6 is 12.2 Å². The van der Waals surface area contributed by atoms with Crippen molar-refractivity contribution in [2.75, 3.05) is 25.0 Å². The number of hydrogen-bond donors (Lipinski definition) is 1. The molecule has 1 atom stereocenters. The Balaban J connectivity index is 2.00. The molecule has 0 radical (unpaired) electrons. The number of para-hydroxylation sites is 1. The Hall–Kier alpha value is -2.13. The molecule has 1 aromatic carbocycles. The van der Waals surface area contributed by atoms with Crippen LogP contribution < -0.4 is 5.32 Å². The predicted octanol–water partition coefficient (Wildman–Crippen LogP) is 2.53. The second-order valence-electron chi connectivity index (χ2n) is 5.12. The fourth-order valence-corrected chi connectivity index (χ4v) is 2.77. The molecule has 0 bridgehead atoms. The van der Waals surface area contributed by atoms with E-state index < -0.39 is 0 Å². The molecule has 0 saturated carbocycles. The van der Waals surface area contributed by atoms with E-state index >= 15 is 0 Å². The first kappa shape index (κ1) is 16.2. The van der Waals surface area contributed by atoms with Crippen molar-refractivity contribution in [2.24, 2.45) is 5.92 Å². The zero-order valence-corrected chi connectivity index (χ0v) is 13.4. The molecule has 116 valence electrons. The van der Waals surface area contributed by atoms with E-state index in [1.165, 1.54) is 0 Å². The Morgan fingerprint density at radius 2 is 2.32 bits per heavy atom. The molecule has 0 spiro atoms. The number of anilines is 1. The van der Waals surface area contributed by atoms with Gasteiger partial charge in [-0.25, -0.2) is 0 Å². The molecule has 1 aliphatic rings. The maximum atomic E-state index is 11.9. The highest BCUT2D eigenvalue weighted by Gasteiger charge is 2.28. The smallest absolute Gasteiger partial charge is 0.310 e. The van der Waals surface area contributed by atoms with Crippen molar-refractivity contribution in [2.45, 2.75) is 19.8 Å². The van der Waals surface area contributed by atoms with Crippen LogP contribution in [0.3, 0.4) is 0 Å². The van der Waals surface area contributed by atoms with Crippen LogP contribution in [0.15, 0.2) is 24.3 Å². The molecule has 1 N–H and O–H groups in total. The van der Waals surface area contributed by atoms with Crippen LogP contribution in [-0.2, 0) is 9.53 Å². The number of carbonyl (C=O) groups excluding carboxylic acids is 1. The first-order valence-corrected chi connectivity index (χ1v) is 7.78. The van der Waals surface area contributed by atoms with E-state index in [0.29, 0.717) is 29.5 Å². The number of esters is 1. The number of thiocarbonyl (C=S) groups is 1.